The number of benzene rings is 2. The van der Waals surface area contributed by atoms with E-state index in [0.29, 0.717) is 33.2 Å². The van der Waals surface area contributed by atoms with E-state index in [4.69, 9.17) is 0 Å². The first-order valence-corrected chi connectivity index (χ1v) is 11.2. The Hall–Kier alpha value is -3.41. The van der Waals surface area contributed by atoms with Gasteiger partial charge < -0.3 is 5.32 Å². The number of anilines is 1. The molecule has 2 heterocycles. The molecule has 4 aromatic rings. The summed E-state index contributed by atoms with van der Waals surface area (Å²) in [6.07, 6.45) is -9.21. The molecule has 5 nitrogen and oxygen atoms in total. The van der Waals surface area contributed by atoms with Crippen LogP contribution >= 0.6 is 15.9 Å². The Morgan fingerprint density at radius 2 is 1.64 bits per heavy atom. The average Bonchev–Trinajstić information content (AvgIpc) is 3.04. The predicted molar refractivity (Wildman–Crippen MR) is 125 cm³/mol. The Labute approximate surface area is 209 Å². The summed E-state index contributed by atoms with van der Waals surface area (Å²) in [4.78, 5) is 16.8. The molecule has 188 valence electrons. The van der Waals surface area contributed by atoms with Crippen molar-refractivity contribution in [3.8, 4) is 0 Å². The minimum Gasteiger partial charge on any atom is -0.319 e. The van der Waals surface area contributed by atoms with Crippen molar-refractivity contribution in [2.24, 2.45) is 0 Å². The summed E-state index contributed by atoms with van der Waals surface area (Å²) in [5.41, 5.74) is -0.477. The van der Waals surface area contributed by atoms with E-state index in [2.05, 4.69) is 31.3 Å². The Morgan fingerprint density at radius 1 is 0.972 bits per heavy atom. The van der Waals surface area contributed by atoms with Gasteiger partial charge in [0.25, 0.3) is 5.91 Å². The van der Waals surface area contributed by atoms with Gasteiger partial charge in [-0.05, 0) is 55.8 Å². The van der Waals surface area contributed by atoms with Crippen molar-refractivity contribution in [3.05, 3.63) is 86.8 Å². The number of alkyl halides is 6. The lowest BCUT2D eigenvalue weighted by molar-refractivity contribution is -0.141. The van der Waals surface area contributed by atoms with Crippen molar-refractivity contribution < 1.29 is 31.1 Å². The standard InChI is InChI=1S/C24H17BrF6N4O/c1-12-21(13(2)35(34-12)11-14-3-5-15(6-4-14)23(26,27)28)33-22(36)18-10-20(24(29,30)31)32-19-8-7-16(25)9-17(18)19/h3-10H,11H2,1-2H3,(H,33,36). The number of carbonyl (C=O) groups excluding carboxylic acids is 1. The molecule has 0 saturated heterocycles. The van der Waals surface area contributed by atoms with E-state index < -0.39 is 29.5 Å². The molecule has 0 aliphatic heterocycles. The summed E-state index contributed by atoms with van der Waals surface area (Å²) >= 11 is 3.26. The van der Waals surface area contributed by atoms with Gasteiger partial charge in [-0.25, -0.2) is 4.98 Å². The van der Waals surface area contributed by atoms with Gasteiger partial charge in [-0.15, -0.1) is 0 Å². The summed E-state index contributed by atoms with van der Waals surface area (Å²) in [7, 11) is 0. The number of nitrogens with one attached hydrogen (secondary N) is 1. The smallest absolute Gasteiger partial charge is 0.319 e. The molecular weight excluding hydrogens is 554 g/mol. The zero-order valence-electron chi connectivity index (χ0n) is 18.7. The van der Waals surface area contributed by atoms with Gasteiger partial charge in [-0.1, -0.05) is 28.1 Å². The Morgan fingerprint density at radius 3 is 2.25 bits per heavy atom. The number of hydrogen-bond donors (Lipinski definition) is 1. The highest BCUT2D eigenvalue weighted by Crippen LogP contribution is 2.33. The van der Waals surface area contributed by atoms with Crippen LogP contribution in [0.5, 0.6) is 0 Å². The van der Waals surface area contributed by atoms with Gasteiger partial charge in [-0.2, -0.15) is 31.4 Å². The largest absolute Gasteiger partial charge is 0.433 e. The number of pyridine rings is 1. The molecule has 0 fully saturated rings. The number of halogens is 7. The summed E-state index contributed by atoms with van der Waals surface area (Å²) in [5.74, 6) is -0.786. The van der Waals surface area contributed by atoms with Crippen LogP contribution in [0.25, 0.3) is 10.9 Å². The maximum atomic E-state index is 13.4. The highest BCUT2D eigenvalue weighted by Gasteiger charge is 2.34. The summed E-state index contributed by atoms with van der Waals surface area (Å²) in [6.45, 7) is 3.38. The van der Waals surface area contributed by atoms with E-state index in [1.807, 2.05) is 0 Å². The van der Waals surface area contributed by atoms with Gasteiger partial charge in [0.15, 0.2) is 0 Å². The third-order valence-corrected chi connectivity index (χ3v) is 6.03. The van der Waals surface area contributed by atoms with Crippen LogP contribution in [-0.2, 0) is 18.9 Å². The van der Waals surface area contributed by atoms with Crippen molar-refractivity contribution in [1.29, 1.82) is 0 Å². The quantitative estimate of drug-likeness (QED) is 0.265. The summed E-state index contributed by atoms with van der Waals surface area (Å²) in [5, 5.41) is 7.20. The lowest BCUT2D eigenvalue weighted by atomic mass is 10.1. The molecule has 0 unspecified atom stereocenters. The zero-order chi connectivity index (χ0) is 26.4. The van der Waals surface area contributed by atoms with Gasteiger partial charge in [0, 0.05) is 9.86 Å². The molecule has 0 spiro atoms. The average molecular weight is 571 g/mol. The molecule has 0 atom stereocenters. The summed E-state index contributed by atoms with van der Waals surface area (Å²) < 4.78 is 80.7. The van der Waals surface area contributed by atoms with Crippen LogP contribution in [0.1, 0.15) is 38.6 Å². The molecule has 4 rings (SSSR count). The molecule has 0 aliphatic rings. The SMILES string of the molecule is Cc1nn(Cc2ccc(C(F)(F)F)cc2)c(C)c1NC(=O)c1cc(C(F)(F)F)nc2ccc(Br)cc12. The molecule has 0 radical (unpaired) electrons. The molecule has 0 aliphatic carbocycles. The molecule has 12 heteroatoms. The van der Waals surface area contributed by atoms with E-state index in [1.165, 1.54) is 35.0 Å². The second-order valence-corrected chi connectivity index (χ2v) is 8.98. The van der Waals surface area contributed by atoms with E-state index in [-0.39, 0.29) is 23.0 Å². The fourth-order valence-corrected chi connectivity index (χ4v) is 4.08. The van der Waals surface area contributed by atoms with Gasteiger partial charge in [-0.3, -0.25) is 9.48 Å². The van der Waals surface area contributed by atoms with Gasteiger partial charge in [0.05, 0.1) is 40.3 Å². The Kier molecular flexibility index (Phi) is 6.58. The number of rotatable bonds is 4. The second-order valence-electron chi connectivity index (χ2n) is 8.07. The first-order chi connectivity index (χ1) is 16.7. The molecule has 1 amide bonds. The molecule has 0 bridgehead atoms. The van der Waals surface area contributed by atoms with Crippen molar-refractivity contribution >= 4 is 38.4 Å². The highest BCUT2D eigenvalue weighted by molar-refractivity contribution is 9.10. The first kappa shape index (κ1) is 25.7. The fourth-order valence-electron chi connectivity index (χ4n) is 3.72. The number of carbonyl (C=O) groups is 1. The van der Waals surface area contributed by atoms with E-state index in [9.17, 15) is 31.1 Å². The number of aryl methyl sites for hydroxylation is 1. The number of hydrogen-bond acceptors (Lipinski definition) is 3. The van der Waals surface area contributed by atoms with E-state index in [0.717, 1.165) is 12.1 Å². The number of nitrogens with zero attached hydrogens (tertiary/aromatic N) is 3. The maximum Gasteiger partial charge on any atom is 0.433 e. The number of amides is 1. The monoisotopic (exact) mass is 570 g/mol. The minimum atomic E-state index is -4.76. The second kappa shape index (κ2) is 9.23. The molecule has 1 N–H and O–H groups in total. The Bertz CT molecular complexity index is 1460. The lowest BCUT2D eigenvalue weighted by Crippen LogP contribution is -2.17. The molecular formula is C24H17BrF6N4O. The fraction of sp³-hybridized carbons (Fsp3) is 0.208. The maximum absolute atomic E-state index is 13.4. The van der Waals surface area contributed by atoms with Crippen LogP contribution in [0.2, 0.25) is 0 Å². The lowest BCUT2D eigenvalue weighted by Gasteiger charge is -2.13. The summed E-state index contributed by atoms with van der Waals surface area (Å²) in [6, 6.07) is 9.70. The number of fused-ring (bicyclic) bond motifs is 1. The van der Waals surface area contributed by atoms with Gasteiger partial charge in [0.2, 0.25) is 0 Å². The van der Waals surface area contributed by atoms with Crippen LogP contribution in [0.4, 0.5) is 32.0 Å². The van der Waals surface area contributed by atoms with Crippen molar-refractivity contribution in [2.45, 2.75) is 32.7 Å². The molecule has 0 saturated carbocycles. The van der Waals surface area contributed by atoms with E-state index >= 15 is 0 Å². The molecule has 2 aromatic heterocycles. The minimum absolute atomic E-state index is 0.00428. The molecule has 2 aromatic carbocycles. The van der Waals surface area contributed by atoms with Crippen molar-refractivity contribution in [3.63, 3.8) is 0 Å². The predicted octanol–water partition coefficient (Wildman–Crippen LogP) is 7.15. The highest BCUT2D eigenvalue weighted by atomic mass is 79.9. The number of aromatic nitrogens is 3. The molecule has 36 heavy (non-hydrogen) atoms. The zero-order valence-corrected chi connectivity index (χ0v) is 20.3. The van der Waals surface area contributed by atoms with Crippen molar-refractivity contribution in [2.75, 3.05) is 5.32 Å². The van der Waals surface area contributed by atoms with Crippen LogP contribution < -0.4 is 5.32 Å². The Balaban J connectivity index is 1.66. The van der Waals surface area contributed by atoms with Crippen LogP contribution in [0.15, 0.2) is 53.0 Å². The van der Waals surface area contributed by atoms with Crippen LogP contribution in [0.3, 0.4) is 0 Å². The third kappa shape index (κ3) is 5.23. The van der Waals surface area contributed by atoms with Gasteiger partial charge >= 0.3 is 12.4 Å². The van der Waals surface area contributed by atoms with Crippen LogP contribution in [-0.4, -0.2) is 20.7 Å². The van der Waals surface area contributed by atoms with Crippen molar-refractivity contribution in [1.82, 2.24) is 14.8 Å². The van der Waals surface area contributed by atoms with Crippen LogP contribution in [0, 0.1) is 13.8 Å². The van der Waals surface area contributed by atoms with Gasteiger partial charge in [0.1, 0.15) is 5.69 Å². The third-order valence-electron chi connectivity index (χ3n) is 5.54. The first-order valence-electron chi connectivity index (χ1n) is 10.4. The topological polar surface area (TPSA) is 59.8 Å². The van der Waals surface area contributed by atoms with E-state index in [1.54, 1.807) is 13.8 Å². The normalized spacial score (nSPS) is 12.2.